The first-order chi connectivity index (χ1) is 9.45. The van der Waals surface area contributed by atoms with Crippen LogP contribution >= 0.6 is 0 Å². The van der Waals surface area contributed by atoms with Gasteiger partial charge in [-0.3, -0.25) is 4.79 Å². The summed E-state index contributed by atoms with van der Waals surface area (Å²) < 4.78 is 9.74. The summed E-state index contributed by atoms with van der Waals surface area (Å²) in [5, 5.41) is 2.56. The van der Waals surface area contributed by atoms with Gasteiger partial charge in [0.05, 0.1) is 12.2 Å². The van der Waals surface area contributed by atoms with E-state index in [1.54, 1.807) is 13.0 Å². The van der Waals surface area contributed by atoms with Crippen molar-refractivity contribution in [3.8, 4) is 0 Å². The lowest BCUT2D eigenvalue weighted by Crippen LogP contribution is -2.31. The van der Waals surface area contributed by atoms with E-state index >= 15 is 0 Å². The summed E-state index contributed by atoms with van der Waals surface area (Å²) in [6.07, 6.45) is 0. The summed E-state index contributed by atoms with van der Waals surface area (Å²) in [4.78, 5) is 23.3. The van der Waals surface area contributed by atoms with Crippen LogP contribution in [-0.4, -0.2) is 38.7 Å². The molecule has 0 aromatic heterocycles. The Morgan fingerprint density at radius 3 is 2.60 bits per heavy atom. The van der Waals surface area contributed by atoms with E-state index in [4.69, 9.17) is 15.2 Å². The maximum Gasteiger partial charge on any atom is 0.338 e. The fraction of sp³-hybridized carbons (Fsp3) is 0.429. The van der Waals surface area contributed by atoms with Crippen LogP contribution in [0.4, 0.5) is 5.69 Å². The first kappa shape index (κ1) is 16.0. The average molecular weight is 280 g/mol. The van der Waals surface area contributed by atoms with Crippen molar-refractivity contribution in [2.75, 3.05) is 32.6 Å². The summed E-state index contributed by atoms with van der Waals surface area (Å²) in [6.45, 7) is 4.12. The minimum Gasteiger partial charge on any atom is -0.452 e. The van der Waals surface area contributed by atoms with E-state index in [0.29, 0.717) is 24.4 Å². The Hall–Kier alpha value is -2.08. The number of aryl methyl sites for hydroxylation is 2. The van der Waals surface area contributed by atoms with Gasteiger partial charge in [-0.2, -0.15) is 0 Å². The van der Waals surface area contributed by atoms with Gasteiger partial charge < -0.3 is 20.5 Å². The molecule has 0 heterocycles. The summed E-state index contributed by atoms with van der Waals surface area (Å²) in [5.41, 5.74) is 8.32. The quantitative estimate of drug-likeness (QED) is 0.457. The van der Waals surface area contributed by atoms with E-state index < -0.39 is 5.97 Å². The van der Waals surface area contributed by atoms with Gasteiger partial charge in [0.2, 0.25) is 0 Å². The molecular formula is C14H20N2O4. The normalized spacial score (nSPS) is 10.2. The molecule has 0 aliphatic carbocycles. The summed E-state index contributed by atoms with van der Waals surface area (Å²) in [6, 6.07) is 3.38. The van der Waals surface area contributed by atoms with Crippen LogP contribution < -0.4 is 11.1 Å². The number of carbonyl (C=O) groups excluding carboxylic acids is 2. The number of nitrogens with one attached hydrogen (secondary N) is 1. The van der Waals surface area contributed by atoms with Crippen LogP contribution in [0.2, 0.25) is 0 Å². The Balaban J connectivity index is 2.55. The molecule has 0 saturated heterocycles. The zero-order valence-electron chi connectivity index (χ0n) is 12.0. The molecule has 0 unspecified atom stereocenters. The van der Waals surface area contributed by atoms with Gasteiger partial charge >= 0.3 is 5.97 Å². The number of ether oxygens (including phenoxy) is 2. The van der Waals surface area contributed by atoms with Crippen LogP contribution in [0.3, 0.4) is 0 Å². The molecule has 0 spiro atoms. The molecule has 6 heteroatoms. The van der Waals surface area contributed by atoms with Crippen LogP contribution in [0, 0.1) is 13.8 Å². The van der Waals surface area contributed by atoms with E-state index in [1.165, 1.54) is 7.11 Å². The zero-order chi connectivity index (χ0) is 15.1. The molecule has 0 saturated carbocycles. The molecule has 110 valence electrons. The molecule has 1 aromatic rings. The number of methoxy groups -OCH3 is 1. The Morgan fingerprint density at radius 2 is 1.95 bits per heavy atom. The minimum atomic E-state index is -0.559. The van der Waals surface area contributed by atoms with Crippen LogP contribution in [0.25, 0.3) is 0 Å². The number of rotatable bonds is 6. The number of hydrogen-bond acceptors (Lipinski definition) is 5. The lowest BCUT2D eigenvalue weighted by atomic mass is 10.0. The molecule has 0 aliphatic rings. The molecule has 1 amide bonds. The van der Waals surface area contributed by atoms with Crippen LogP contribution in [-0.2, 0) is 14.3 Å². The Labute approximate surface area is 118 Å². The monoisotopic (exact) mass is 280 g/mol. The number of carbonyl (C=O) groups is 2. The van der Waals surface area contributed by atoms with Gasteiger partial charge in [0, 0.05) is 19.3 Å². The highest BCUT2D eigenvalue weighted by Crippen LogP contribution is 2.18. The fourth-order valence-electron chi connectivity index (χ4n) is 1.64. The van der Waals surface area contributed by atoms with E-state index in [0.717, 1.165) is 11.1 Å². The Bertz CT molecular complexity index is 500. The number of anilines is 1. The number of hydrogen-bond donors (Lipinski definition) is 2. The van der Waals surface area contributed by atoms with Gasteiger partial charge in [0.15, 0.2) is 6.61 Å². The Morgan fingerprint density at radius 1 is 1.25 bits per heavy atom. The third kappa shape index (κ3) is 4.55. The first-order valence-electron chi connectivity index (χ1n) is 6.25. The van der Waals surface area contributed by atoms with Gasteiger partial charge in [-0.05, 0) is 31.0 Å². The molecule has 0 bridgehead atoms. The van der Waals surface area contributed by atoms with Crippen molar-refractivity contribution in [3.63, 3.8) is 0 Å². The number of esters is 1. The third-order valence-corrected chi connectivity index (χ3v) is 2.80. The molecule has 3 N–H and O–H groups in total. The van der Waals surface area contributed by atoms with Crippen molar-refractivity contribution in [1.29, 1.82) is 0 Å². The highest BCUT2D eigenvalue weighted by molar-refractivity contribution is 5.93. The average Bonchev–Trinajstić information content (AvgIpc) is 2.40. The summed E-state index contributed by atoms with van der Waals surface area (Å²) >= 11 is 0. The molecule has 0 radical (unpaired) electrons. The van der Waals surface area contributed by atoms with Gasteiger partial charge in [0.1, 0.15) is 0 Å². The maximum atomic E-state index is 11.9. The summed E-state index contributed by atoms with van der Waals surface area (Å²) in [7, 11) is 1.54. The summed E-state index contributed by atoms with van der Waals surface area (Å²) in [5.74, 6) is -0.927. The maximum absolute atomic E-state index is 11.9. The third-order valence-electron chi connectivity index (χ3n) is 2.80. The molecule has 1 aromatic carbocycles. The van der Waals surface area contributed by atoms with E-state index in [9.17, 15) is 9.59 Å². The van der Waals surface area contributed by atoms with Crippen LogP contribution in [0.15, 0.2) is 12.1 Å². The second-order valence-corrected chi connectivity index (χ2v) is 4.44. The molecule has 1 rings (SSSR count). The topological polar surface area (TPSA) is 90.6 Å². The second kappa shape index (κ2) is 7.49. The highest BCUT2D eigenvalue weighted by atomic mass is 16.5. The first-order valence-corrected chi connectivity index (χ1v) is 6.25. The molecule has 0 fully saturated rings. The number of nitrogens with two attached hydrogens (primary N) is 1. The molecule has 6 nitrogen and oxygen atoms in total. The van der Waals surface area contributed by atoms with Crippen molar-refractivity contribution in [2.45, 2.75) is 13.8 Å². The molecule has 20 heavy (non-hydrogen) atoms. The minimum absolute atomic E-state index is 0.324. The molecule has 0 atom stereocenters. The molecular weight excluding hydrogens is 260 g/mol. The van der Waals surface area contributed by atoms with E-state index in [2.05, 4.69) is 5.32 Å². The van der Waals surface area contributed by atoms with Gasteiger partial charge in [-0.25, -0.2) is 4.79 Å². The van der Waals surface area contributed by atoms with E-state index in [-0.39, 0.29) is 12.5 Å². The van der Waals surface area contributed by atoms with Gasteiger partial charge in [-0.15, -0.1) is 0 Å². The standard InChI is InChI=1S/C14H20N2O4/c1-9-6-10(2)12(15)7-11(9)14(18)20-8-13(17)16-4-5-19-3/h6-7H,4-5,8,15H2,1-3H3,(H,16,17). The number of nitrogen functional groups attached to an aromatic ring is 1. The Kier molecular flexibility index (Phi) is 5.99. The predicted octanol–water partition coefficient (Wildman–Crippen LogP) is 0.805. The number of amides is 1. The largest absolute Gasteiger partial charge is 0.452 e. The smallest absolute Gasteiger partial charge is 0.338 e. The molecule has 0 aliphatic heterocycles. The van der Waals surface area contributed by atoms with E-state index in [1.807, 2.05) is 13.0 Å². The van der Waals surface area contributed by atoms with Crippen molar-refractivity contribution in [3.05, 3.63) is 28.8 Å². The van der Waals surface area contributed by atoms with Crippen LogP contribution in [0.5, 0.6) is 0 Å². The predicted molar refractivity (Wildman–Crippen MR) is 75.5 cm³/mol. The number of benzene rings is 1. The zero-order valence-corrected chi connectivity index (χ0v) is 12.0. The van der Waals surface area contributed by atoms with Crippen molar-refractivity contribution in [2.24, 2.45) is 0 Å². The lowest BCUT2D eigenvalue weighted by molar-refractivity contribution is -0.124. The lowest BCUT2D eigenvalue weighted by Gasteiger charge is -2.10. The van der Waals surface area contributed by atoms with Crippen molar-refractivity contribution >= 4 is 17.6 Å². The fourth-order valence-corrected chi connectivity index (χ4v) is 1.64. The highest BCUT2D eigenvalue weighted by Gasteiger charge is 2.14. The van der Waals surface area contributed by atoms with Crippen LogP contribution in [0.1, 0.15) is 21.5 Å². The second-order valence-electron chi connectivity index (χ2n) is 4.44. The van der Waals surface area contributed by atoms with Crippen molar-refractivity contribution in [1.82, 2.24) is 5.32 Å². The SMILES string of the molecule is COCCNC(=O)COC(=O)c1cc(N)c(C)cc1C. The van der Waals surface area contributed by atoms with Gasteiger partial charge in [0.25, 0.3) is 5.91 Å². The van der Waals surface area contributed by atoms with Crippen molar-refractivity contribution < 1.29 is 19.1 Å². The van der Waals surface area contributed by atoms with Gasteiger partial charge in [-0.1, -0.05) is 6.07 Å².